The normalized spacial score (nSPS) is 21.2. The third-order valence-corrected chi connectivity index (χ3v) is 1.39. The number of aliphatic hydroxyl groups is 4. The van der Waals surface area contributed by atoms with Crippen molar-refractivity contribution in [1.29, 1.82) is 0 Å². The maximum atomic E-state index is 10.1. The van der Waals surface area contributed by atoms with Crippen LogP contribution in [0.15, 0.2) is 0 Å². The molecule has 0 rings (SSSR count). The summed E-state index contributed by atoms with van der Waals surface area (Å²) in [6.45, 7) is 0. The Kier molecular flexibility index (Phi) is 7.86. The smallest absolute Gasteiger partial charge is 0.547 e. The van der Waals surface area contributed by atoms with Crippen LogP contribution in [0.3, 0.4) is 0 Å². The van der Waals surface area contributed by atoms with E-state index in [0.717, 1.165) is 0 Å². The van der Waals surface area contributed by atoms with Gasteiger partial charge in [0, 0.05) is 0 Å². The van der Waals surface area contributed by atoms with Crippen LogP contribution >= 0.6 is 0 Å². The van der Waals surface area contributed by atoms with Gasteiger partial charge in [0.25, 0.3) is 0 Å². The van der Waals surface area contributed by atoms with Gasteiger partial charge in [0.05, 0.1) is 7.34 Å². The fraction of sp³-hybridized carbons (Fsp3) is 0.667. The molecule has 0 bridgehead atoms. The van der Waals surface area contributed by atoms with Gasteiger partial charge in [0.1, 0.15) is 18.3 Å². The van der Waals surface area contributed by atoms with E-state index in [0.29, 0.717) is 0 Å². The molecule has 0 aromatic carbocycles. The van der Waals surface area contributed by atoms with Gasteiger partial charge < -0.3 is 35.4 Å². The Morgan fingerprint density at radius 1 is 1.13 bits per heavy atom. The van der Waals surface area contributed by atoms with E-state index >= 15 is 0 Å². The predicted molar refractivity (Wildman–Crippen MR) is 36.7 cm³/mol. The molecule has 0 radical (unpaired) electrons. The molecule has 0 saturated carbocycles. The zero-order valence-electron chi connectivity index (χ0n) is 8.69. The van der Waals surface area contributed by atoms with Crippen LogP contribution in [-0.2, 0) is 9.59 Å². The molecule has 0 unspecified atom stereocenters. The van der Waals surface area contributed by atoms with Crippen LogP contribution in [0.5, 0.6) is 0 Å². The number of carbonyl (C=O) groups excluding carboxylic acids is 1. The molecule has 0 fully saturated rings. The summed E-state index contributed by atoms with van der Waals surface area (Å²) in [5.41, 5.74) is 0. The van der Waals surface area contributed by atoms with Gasteiger partial charge in [-0.25, -0.2) is 4.79 Å². The molecule has 0 aliphatic rings. The molecule has 15 heavy (non-hydrogen) atoms. The van der Waals surface area contributed by atoms with Crippen molar-refractivity contribution < 1.29 is 93.0 Å². The molecule has 5 N–H and O–H groups in total. The number of hydrogen-bond donors (Lipinski definition) is 5. The second kappa shape index (κ2) is 7.65. The van der Waals surface area contributed by atoms with Crippen LogP contribution in [0.1, 0.15) is 1.37 Å². The van der Waals surface area contributed by atoms with E-state index in [2.05, 4.69) is 0 Å². The molecular formula is C6H9KO8. The van der Waals surface area contributed by atoms with E-state index in [1.165, 1.54) is 0 Å². The standard InChI is InChI=1S/C6H10O8.K/c7-1(3(9)5(11)12)2(8)4(10)6(13)14;/h1-4,7-10H,(H,11,12)(H,13,14);/q;+1/p-1/t1-,2-,3-,4+;/m0./s1/i3D;/t1-,2-,3+,4-;. The maximum Gasteiger partial charge on any atom is 1.00 e. The second-order valence-corrected chi connectivity index (χ2v) is 2.39. The van der Waals surface area contributed by atoms with Gasteiger partial charge in [-0.2, -0.15) is 0 Å². The van der Waals surface area contributed by atoms with Crippen molar-refractivity contribution >= 4 is 11.9 Å². The Morgan fingerprint density at radius 3 is 1.80 bits per heavy atom. The first kappa shape index (κ1) is 15.4. The molecule has 0 aliphatic carbocycles. The van der Waals surface area contributed by atoms with Crippen molar-refractivity contribution in [2.45, 2.75) is 24.4 Å². The molecule has 8 nitrogen and oxygen atoms in total. The summed E-state index contributed by atoms with van der Waals surface area (Å²) in [6.07, 6.45) is -11.4. The van der Waals surface area contributed by atoms with Gasteiger partial charge in [-0.05, 0) is 0 Å². The third kappa shape index (κ3) is 5.33. The van der Waals surface area contributed by atoms with E-state index in [1.54, 1.807) is 0 Å². The van der Waals surface area contributed by atoms with Gasteiger partial charge >= 0.3 is 57.4 Å². The van der Waals surface area contributed by atoms with Gasteiger partial charge in [0.2, 0.25) is 0 Å². The average molecular weight is 249 g/mol. The van der Waals surface area contributed by atoms with Crippen molar-refractivity contribution in [1.82, 2.24) is 0 Å². The Balaban J connectivity index is 0. The third-order valence-electron chi connectivity index (χ3n) is 1.39. The Morgan fingerprint density at radius 2 is 1.53 bits per heavy atom. The van der Waals surface area contributed by atoms with E-state index in [1.807, 2.05) is 0 Å². The largest absolute Gasteiger partial charge is 1.00 e. The van der Waals surface area contributed by atoms with E-state index < -0.39 is 36.3 Å². The van der Waals surface area contributed by atoms with Crippen molar-refractivity contribution in [3.05, 3.63) is 0 Å². The monoisotopic (exact) mass is 249 g/mol. The molecule has 4 atom stereocenters. The first-order chi connectivity index (χ1) is 6.62. The first-order valence-electron chi connectivity index (χ1n) is 3.83. The molecule has 0 heterocycles. The Hall–Kier alpha value is 0.416. The van der Waals surface area contributed by atoms with Gasteiger partial charge in [-0.1, -0.05) is 0 Å². The quantitative estimate of drug-likeness (QED) is 0.300. The number of carbonyl (C=O) groups is 2. The van der Waals surface area contributed by atoms with Crippen LogP contribution < -0.4 is 56.5 Å². The number of carboxylic acids is 2. The van der Waals surface area contributed by atoms with E-state index in [9.17, 15) is 14.7 Å². The molecular weight excluding hydrogens is 239 g/mol. The summed E-state index contributed by atoms with van der Waals surface area (Å²) in [7, 11) is 0. The topological polar surface area (TPSA) is 158 Å². The summed E-state index contributed by atoms with van der Waals surface area (Å²) in [6, 6.07) is 0. The minimum atomic E-state index is -3.62. The first-order valence-corrected chi connectivity index (χ1v) is 3.33. The van der Waals surface area contributed by atoms with Crippen molar-refractivity contribution in [2.75, 3.05) is 0 Å². The number of rotatable bonds is 5. The molecule has 0 aliphatic heterocycles. The number of aliphatic carboxylic acids is 2. The van der Waals surface area contributed by atoms with Crippen molar-refractivity contribution in [2.24, 2.45) is 0 Å². The maximum absolute atomic E-state index is 10.1. The molecule has 0 amide bonds. The molecule has 82 valence electrons. The minimum Gasteiger partial charge on any atom is -0.547 e. The fourth-order valence-electron chi connectivity index (χ4n) is 0.601. The molecule has 0 saturated heterocycles. The zero-order chi connectivity index (χ0) is 12.4. The average Bonchev–Trinajstić information content (AvgIpc) is 2.13. The number of hydrogen-bond acceptors (Lipinski definition) is 7. The summed E-state index contributed by atoms with van der Waals surface area (Å²) in [5.74, 6) is -4.39. The minimum absolute atomic E-state index is 0. The van der Waals surface area contributed by atoms with Gasteiger partial charge in [-0.15, -0.1) is 0 Å². The Labute approximate surface area is 128 Å². The number of aliphatic hydroxyl groups excluding tert-OH is 3. The van der Waals surface area contributed by atoms with Crippen LogP contribution in [0, 0.1) is 0 Å². The van der Waals surface area contributed by atoms with E-state index in [4.69, 9.17) is 26.9 Å². The number of carboxylic acid groups (broad SMARTS) is 2. The summed E-state index contributed by atoms with van der Waals surface area (Å²) >= 11 is 0. The van der Waals surface area contributed by atoms with Crippen LogP contribution in [0.4, 0.5) is 0 Å². The van der Waals surface area contributed by atoms with Crippen molar-refractivity contribution in [3.63, 3.8) is 0 Å². The van der Waals surface area contributed by atoms with E-state index in [-0.39, 0.29) is 51.4 Å². The second-order valence-electron chi connectivity index (χ2n) is 2.39. The SMILES string of the molecule is [2H][C@](O)(C(=O)[O-])[C@@H](O)[C@H](O)[C@H](O)C(=O)O.[K+]. The Bertz CT molecular complexity index is 269. The van der Waals surface area contributed by atoms with Crippen LogP contribution in [0.2, 0.25) is 0 Å². The fourth-order valence-corrected chi connectivity index (χ4v) is 0.601. The molecule has 0 aromatic rings. The molecule has 0 spiro atoms. The predicted octanol–water partition coefficient (Wildman–Crippen LogP) is -7.73. The summed E-state index contributed by atoms with van der Waals surface area (Å²) < 4.78 is 6.63. The summed E-state index contributed by atoms with van der Waals surface area (Å²) in [5, 5.41) is 53.5. The van der Waals surface area contributed by atoms with Crippen LogP contribution in [0.25, 0.3) is 0 Å². The molecule has 0 aromatic heterocycles. The zero-order valence-corrected chi connectivity index (χ0v) is 10.8. The summed E-state index contributed by atoms with van der Waals surface area (Å²) in [4.78, 5) is 20.2. The molecule has 9 heteroatoms. The van der Waals surface area contributed by atoms with Crippen molar-refractivity contribution in [3.8, 4) is 0 Å². The van der Waals surface area contributed by atoms with Gasteiger partial charge in [-0.3, -0.25) is 0 Å². The van der Waals surface area contributed by atoms with Gasteiger partial charge in [0.15, 0.2) is 6.10 Å². The van der Waals surface area contributed by atoms with Crippen LogP contribution in [-0.4, -0.2) is 61.9 Å².